The van der Waals surface area contributed by atoms with Crippen molar-refractivity contribution in [2.45, 2.75) is 39.5 Å². The molecular formula is C22H26N2O4. The molecule has 28 heavy (non-hydrogen) atoms. The van der Waals surface area contributed by atoms with E-state index in [0.29, 0.717) is 12.1 Å². The maximum Gasteiger partial charge on any atom is 0.329 e. The van der Waals surface area contributed by atoms with Gasteiger partial charge in [0.25, 0.3) is 11.8 Å². The van der Waals surface area contributed by atoms with Crippen molar-refractivity contribution in [3.63, 3.8) is 0 Å². The third-order valence-corrected chi connectivity index (χ3v) is 4.21. The number of nitrogens with one attached hydrogen (secondary N) is 2. The summed E-state index contributed by atoms with van der Waals surface area (Å²) in [6.07, 6.45) is -0.967. The van der Waals surface area contributed by atoms with Crippen LogP contribution in [0, 0.1) is 5.92 Å². The van der Waals surface area contributed by atoms with Crippen molar-refractivity contribution in [1.82, 2.24) is 10.6 Å². The van der Waals surface area contributed by atoms with Crippen LogP contribution >= 0.6 is 0 Å². The Hall–Kier alpha value is -3.15. The van der Waals surface area contributed by atoms with Crippen LogP contribution < -0.4 is 10.6 Å². The Balaban J connectivity index is 1.91. The van der Waals surface area contributed by atoms with Gasteiger partial charge in [-0.1, -0.05) is 62.4 Å². The van der Waals surface area contributed by atoms with Crippen molar-refractivity contribution in [1.29, 1.82) is 0 Å². The molecule has 0 radical (unpaired) electrons. The van der Waals surface area contributed by atoms with Gasteiger partial charge in [0.2, 0.25) is 0 Å². The number of rotatable bonds is 8. The van der Waals surface area contributed by atoms with Crippen molar-refractivity contribution >= 4 is 17.8 Å². The number of carbonyl (C=O) groups is 3. The van der Waals surface area contributed by atoms with Crippen molar-refractivity contribution in [2.24, 2.45) is 5.92 Å². The predicted molar refractivity (Wildman–Crippen MR) is 106 cm³/mol. The zero-order valence-electron chi connectivity index (χ0n) is 16.3. The maximum atomic E-state index is 12.5. The zero-order chi connectivity index (χ0) is 20.5. The van der Waals surface area contributed by atoms with E-state index in [4.69, 9.17) is 4.74 Å². The number of ether oxygens (including phenoxy) is 1. The molecule has 0 aliphatic heterocycles. The standard InChI is InChI=1S/C22H26N2O4/c1-15(2)19(24-21(26)18-12-8-5-9-13-18)22(27)28-16(3)20(25)23-14-17-10-6-4-7-11-17/h4-13,15-16,19H,14H2,1-3H3,(H,23,25)(H,24,26)/t16?,19-/m0/s1. The first-order valence-corrected chi connectivity index (χ1v) is 9.26. The van der Waals surface area contributed by atoms with Gasteiger partial charge < -0.3 is 15.4 Å². The SMILES string of the molecule is CC(OC(=O)[C@@H](NC(=O)c1ccccc1)C(C)C)C(=O)NCc1ccccc1. The quantitative estimate of drug-likeness (QED) is 0.688. The summed E-state index contributed by atoms with van der Waals surface area (Å²) in [5.74, 6) is -1.59. The van der Waals surface area contributed by atoms with Gasteiger partial charge in [-0.25, -0.2) is 4.79 Å². The first-order valence-electron chi connectivity index (χ1n) is 9.26. The van der Waals surface area contributed by atoms with E-state index in [1.54, 1.807) is 44.2 Å². The lowest BCUT2D eigenvalue weighted by Gasteiger charge is -2.23. The summed E-state index contributed by atoms with van der Waals surface area (Å²) in [5, 5.41) is 5.42. The topological polar surface area (TPSA) is 84.5 Å². The van der Waals surface area contributed by atoms with E-state index in [9.17, 15) is 14.4 Å². The average Bonchev–Trinajstić information content (AvgIpc) is 2.71. The maximum absolute atomic E-state index is 12.5. The molecule has 0 spiro atoms. The molecule has 2 aromatic rings. The zero-order valence-corrected chi connectivity index (χ0v) is 16.3. The van der Waals surface area contributed by atoms with Gasteiger partial charge in [0.1, 0.15) is 6.04 Å². The molecule has 0 saturated carbocycles. The Kier molecular flexibility index (Phi) is 7.75. The van der Waals surface area contributed by atoms with E-state index < -0.39 is 24.0 Å². The molecule has 1 unspecified atom stereocenters. The third-order valence-electron chi connectivity index (χ3n) is 4.21. The molecule has 0 aliphatic carbocycles. The normalized spacial score (nSPS) is 12.7. The second kappa shape index (κ2) is 10.3. The Morgan fingerprint density at radius 2 is 1.46 bits per heavy atom. The van der Waals surface area contributed by atoms with Gasteiger partial charge in [-0.05, 0) is 30.5 Å². The molecule has 0 heterocycles. The van der Waals surface area contributed by atoms with Crippen molar-refractivity contribution in [3.05, 3.63) is 71.8 Å². The van der Waals surface area contributed by atoms with E-state index >= 15 is 0 Å². The Morgan fingerprint density at radius 1 is 0.893 bits per heavy atom. The second-order valence-electron chi connectivity index (χ2n) is 6.84. The Labute approximate surface area is 165 Å². The molecule has 2 amide bonds. The van der Waals surface area contributed by atoms with E-state index in [1.807, 2.05) is 30.3 Å². The number of esters is 1. The highest BCUT2D eigenvalue weighted by Gasteiger charge is 2.29. The first-order chi connectivity index (χ1) is 13.4. The van der Waals surface area contributed by atoms with Crippen LogP contribution in [0.25, 0.3) is 0 Å². The summed E-state index contributed by atoms with van der Waals surface area (Å²) in [4.78, 5) is 37.1. The number of benzene rings is 2. The molecule has 0 aromatic heterocycles. The van der Waals surface area contributed by atoms with Gasteiger partial charge in [-0.3, -0.25) is 9.59 Å². The largest absolute Gasteiger partial charge is 0.451 e. The summed E-state index contributed by atoms with van der Waals surface area (Å²) in [6.45, 7) is 5.46. The van der Waals surface area contributed by atoms with Gasteiger partial charge >= 0.3 is 5.97 Å². The van der Waals surface area contributed by atoms with Gasteiger partial charge in [0.15, 0.2) is 6.10 Å². The fourth-order valence-corrected chi connectivity index (χ4v) is 2.54. The number of amides is 2. The number of hydrogen-bond acceptors (Lipinski definition) is 4. The van der Waals surface area contributed by atoms with E-state index in [2.05, 4.69) is 10.6 Å². The summed E-state index contributed by atoms with van der Waals surface area (Å²) in [6, 6.07) is 17.2. The van der Waals surface area contributed by atoms with Gasteiger partial charge in [-0.2, -0.15) is 0 Å². The molecule has 148 valence electrons. The minimum atomic E-state index is -0.967. The predicted octanol–water partition coefficient (Wildman–Crippen LogP) is 2.69. The van der Waals surface area contributed by atoms with E-state index in [-0.39, 0.29) is 11.8 Å². The number of hydrogen-bond donors (Lipinski definition) is 2. The molecule has 0 fully saturated rings. The Morgan fingerprint density at radius 3 is 2.04 bits per heavy atom. The molecule has 6 nitrogen and oxygen atoms in total. The lowest BCUT2D eigenvalue weighted by Crippen LogP contribution is -2.47. The van der Waals surface area contributed by atoms with Crippen molar-refractivity contribution in [2.75, 3.05) is 0 Å². The monoisotopic (exact) mass is 382 g/mol. The smallest absolute Gasteiger partial charge is 0.329 e. The molecule has 2 atom stereocenters. The number of carbonyl (C=O) groups excluding carboxylic acids is 3. The van der Waals surface area contributed by atoms with Crippen LogP contribution in [0.4, 0.5) is 0 Å². The first kappa shape index (κ1) is 21.2. The van der Waals surface area contributed by atoms with Crippen LogP contribution in [-0.2, 0) is 20.9 Å². The van der Waals surface area contributed by atoms with Gasteiger partial charge in [0.05, 0.1) is 0 Å². The highest BCUT2D eigenvalue weighted by Crippen LogP contribution is 2.09. The lowest BCUT2D eigenvalue weighted by atomic mass is 10.0. The van der Waals surface area contributed by atoms with Crippen LogP contribution in [0.1, 0.15) is 36.7 Å². The molecule has 2 N–H and O–H groups in total. The molecule has 0 bridgehead atoms. The fraction of sp³-hybridized carbons (Fsp3) is 0.318. The summed E-state index contributed by atoms with van der Waals surface area (Å²) in [7, 11) is 0. The van der Waals surface area contributed by atoms with Crippen LogP contribution in [0.15, 0.2) is 60.7 Å². The minimum Gasteiger partial charge on any atom is -0.451 e. The fourth-order valence-electron chi connectivity index (χ4n) is 2.54. The average molecular weight is 382 g/mol. The second-order valence-corrected chi connectivity index (χ2v) is 6.84. The van der Waals surface area contributed by atoms with E-state index in [0.717, 1.165) is 5.56 Å². The highest BCUT2D eigenvalue weighted by atomic mass is 16.5. The van der Waals surface area contributed by atoms with Crippen LogP contribution in [0.3, 0.4) is 0 Å². The summed E-state index contributed by atoms with van der Waals surface area (Å²) >= 11 is 0. The van der Waals surface area contributed by atoms with Crippen molar-refractivity contribution < 1.29 is 19.1 Å². The minimum absolute atomic E-state index is 0.195. The molecule has 2 rings (SSSR count). The van der Waals surface area contributed by atoms with Crippen molar-refractivity contribution in [3.8, 4) is 0 Å². The van der Waals surface area contributed by atoms with Crippen LogP contribution in [0.5, 0.6) is 0 Å². The third kappa shape index (κ3) is 6.23. The molecular weight excluding hydrogens is 356 g/mol. The molecule has 2 aromatic carbocycles. The van der Waals surface area contributed by atoms with Crippen LogP contribution in [-0.4, -0.2) is 29.9 Å². The van der Waals surface area contributed by atoms with Gasteiger partial charge in [0, 0.05) is 12.1 Å². The lowest BCUT2D eigenvalue weighted by molar-refractivity contribution is -0.157. The molecule has 0 saturated heterocycles. The summed E-state index contributed by atoms with van der Waals surface area (Å²) in [5.41, 5.74) is 1.40. The van der Waals surface area contributed by atoms with Gasteiger partial charge in [-0.15, -0.1) is 0 Å². The Bertz CT molecular complexity index is 791. The summed E-state index contributed by atoms with van der Waals surface area (Å²) < 4.78 is 5.30. The van der Waals surface area contributed by atoms with E-state index in [1.165, 1.54) is 6.92 Å². The molecule has 0 aliphatic rings. The van der Waals surface area contributed by atoms with Crippen LogP contribution in [0.2, 0.25) is 0 Å². The highest BCUT2D eigenvalue weighted by molar-refractivity contribution is 5.97. The molecule has 6 heteroatoms.